The van der Waals surface area contributed by atoms with Crippen molar-refractivity contribution >= 4 is 17.4 Å². The van der Waals surface area contributed by atoms with Crippen LogP contribution >= 0.6 is 0 Å². The van der Waals surface area contributed by atoms with Gasteiger partial charge in [0.05, 0.1) is 24.9 Å². The van der Waals surface area contributed by atoms with E-state index < -0.39 is 0 Å². The SMILES string of the molecule is Cc1c(C#N)c(NC(=O)CN2c3ccccc3CC[C@H]2C)n(Cc2ccco2)c1C. The maximum Gasteiger partial charge on any atom is 0.245 e. The second kappa shape index (κ2) is 8.11. The van der Waals surface area contributed by atoms with E-state index in [0.717, 1.165) is 35.5 Å². The number of aromatic nitrogens is 1. The minimum atomic E-state index is -0.131. The summed E-state index contributed by atoms with van der Waals surface area (Å²) in [6.07, 6.45) is 3.67. The van der Waals surface area contributed by atoms with E-state index in [4.69, 9.17) is 4.42 Å². The van der Waals surface area contributed by atoms with Crippen LogP contribution in [0.5, 0.6) is 0 Å². The molecule has 1 aliphatic heterocycles. The Labute approximate surface area is 176 Å². The number of para-hydroxylation sites is 1. The number of aryl methyl sites for hydroxylation is 1. The van der Waals surface area contributed by atoms with Gasteiger partial charge >= 0.3 is 0 Å². The standard InChI is InChI=1S/C24H26N4O2/c1-16-10-11-19-7-4-5-9-22(19)27(16)15-23(29)26-24-21(13-25)17(2)18(3)28(24)14-20-8-6-12-30-20/h4-9,12,16H,10-11,14-15H2,1-3H3,(H,26,29)/t16-/m1/s1. The summed E-state index contributed by atoms with van der Waals surface area (Å²) in [5.41, 5.74) is 4.70. The summed E-state index contributed by atoms with van der Waals surface area (Å²) in [4.78, 5) is 15.2. The fourth-order valence-electron chi connectivity index (χ4n) is 4.21. The summed E-state index contributed by atoms with van der Waals surface area (Å²) in [6, 6.07) is 14.5. The third-order valence-electron chi connectivity index (χ3n) is 6.07. The number of hydrogen-bond donors (Lipinski definition) is 1. The van der Waals surface area contributed by atoms with Gasteiger partial charge in [0.1, 0.15) is 17.6 Å². The van der Waals surface area contributed by atoms with Crippen molar-refractivity contribution in [2.45, 2.75) is 46.2 Å². The van der Waals surface area contributed by atoms with Gasteiger partial charge in [0, 0.05) is 17.4 Å². The van der Waals surface area contributed by atoms with E-state index in [1.165, 1.54) is 5.56 Å². The van der Waals surface area contributed by atoms with Crippen LogP contribution in [0, 0.1) is 25.2 Å². The average Bonchev–Trinajstić information content (AvgIpc) is 3.33. The first-order chi connectivity index (χ1) is 14.5. The van der Waals surface area contributed by atoms with E-state index in [0.29, 0.717) is 17.9 Å². The molecule has 0 aliphatic carbocycles. The van der Waals surface area contributed by atoms with Crippen LogP contribution in [0.3, 0.4) is 0 Å². The van der Waals surface area contributed by atoms with E-state index >= 15 is 0 Å². The number of hydrogen-bond acceptors (Lipinski definition) is 4. The Bertz CT molecular complexity index is 1110. The first-order valence-electron chi connectivity index (χ1n) is 10.3. The molecule has 1 atom stereocenters. The third kappa shape index (κ3) is 3.59. The van der Waals surface area contributed by atoms with Crippen molar-refractivity contribution in [2.24, 2.45) is 0 Å². The smallest absolute Gasteiger partial charge is 0.245 e. The van der Waals surface area contributed by atoms with Crippen molar-refractivity contribution in [1.82, 2.24) is 4.57 Å². The molecule has 0 saturated heterocycles. The van der Waals surface area contributed by atoms with Crippen LogP contribution in [-0.4, -0.2) is 23.1 Å². The molecule has 1 aromatic carbocycles. The molecule has 0 spiro atoms. The highest BCUT2D eigenvalue weighted by Crippen LogP contribution is 2.31. The van der Waals surface area contributed by atoms with E-state index in [9.17, 15) is 10.1 Å². The Kier molecular flexibility index (Phi) is 5.37. The first-order valence-corrected chi connectivity index (χ1v) is 10.3. The molecular formula is C24H26N4O2. The zero-order valence-corrected chi connectivity index (χ0v) is 17.6. The number of nitriles is 1. The van der Waals surface area contributed by atoms with Gasteiger partial charge < -0.3 is 19.2 Å². The number of fused-ring (bicyclic) bond motifs is 1. The van der Waals surface area contributed by atoms with Crippen LogP contribution in [-0.2, 0) is 17.8 Å². The van der Waals surface area contributed by atoms with E-state index in [1.807, 2.05) is 42.7 Å². The Morgan fingerprint density at radius 2 is 2.07 bits per heavy atom. The molecule has 2 aromatic heterocycles. The maximum absolute atomic E-state index is 13.1. The summed E-state index contributed by atoms with van der Waals surface area (Å²) in [5.74, 6) is 1.17. The largest absolute Gasteiger partial charge is 0.467 e. The van der Waals surface area contributed by atoms with E-state index in [1.54, 1.807) is 6.26 Å². The first kappa shape index (κ1) is 19.8. The molecule has 0 radical (unpaired) electrons. The molecule has 0 bridgehead atoms. The number of nitrogens with one attached hydrogen (secondary N) is 1. The quantitative estimate of drug-likeness (QED) is 0.686. The van der Waals surface area contributed by atoms with E-state index in [2.05, 4.69) is 35.3 Å². The number of rotatable bonds is 5. The fraction of sp³-hybridized carbons (Fsp3) is 0.333. The Morgan fingerprint density at radius 3 is 2.80 bits per heavy atom. The summed E-state index contributed by atoms with van der Waals surface area (Å²) in [6.45, 7) is 6.72. The molecule has 1 amide bonds. The lowest BCUT2D eigenvalue weighted by Gasteiger charge is -2.36. The van der Waals surface area contributed by atoms with Crippen LogP contribution in [0.25, 0.3) is 0 Å². The molecule has 6 heteroatoms. The van der Waals surface area contributed by atoms with Crippen molar-refractivity contribution < 1.29 is 9.21 Å². The van der Waals surface area contributed by atoms with Gasteiger partial charge in [-0.3, -0.25) is 4.79 Å². The van der Waals surface area contributed by atoms with Gasteiger partial charge in [0.25, 0.3) is 0 Å². The Hall–Kier alpha value is -3.46. The monoisotopic (exact) mass is 402 g/mol. The van der Waals surface area contributed by atoms with Gasteiger partial charge in [-0.1, -0.05) is 18.2 Å². The number of benzene rings is 1. The molecule has 154 valence electrons. The van der Waals surface area contributed by atoms with E-state index in [-0.39, 0.29) is 18.5 Å². The van der Waals surface area contributed by atoms with Crippen molar-refractivity contribution in [3.05, 3.63) is 70.8 Å². The minimum absolute atomic E-state index is 0.131. The number of nitrogens with zero attached hydrogens (tertiary/aromatic N) is 3. The molecule has 3 heterocycles. The molecule has 0 fully saturated rings. The van der Waals surface area contributed by atoms with Crippen LogP contribution in [0.15, 0.2) is 47.1 Å². The molecule has 0 saturated carbocycles. The molecule has 4 rings (SSSR count). The van der Waals surface area contributed by atoms with Crippen LogP contribution in [0.4, 0.5) is 11.5 Å². The summed E-state index contributed by atoms with van der Waals surface area (Å²) < 4.78 is 7.43. The minimum Gasteiger partial charge on any atom is -0.467 e. The number of carbonyl (C=O) groups is 1. The highest BCUT2D eigenvalue weighted by Gasteiger charge is 2.26. The normalized spacial score (nSPS) is 15.5. The van der Waals surface area contributed by atoms with Gasteiger partial charge in [-0.15, -0.1) is 0 Å². The van der Waals surface area contributed by atoms with Gasteiger partial charge in [0.15, 0.2) is 0 Å². The third-order valence-corrected chi connectivity index (χ3v) is 6.07. The van der Waals surface area contributed by atoms with Gasteiger partial charge in [-0.2, -0.15) is 5.26 Å². The van der Waals surface area contributed by atoms with Crippen molar-refractivity contribution in [3.63, 3.8) is 0 Å². The fourth-order valence-corrected chi connectivity index (χ4v) is 4.21. The highest BCUT2D eigenvalue weighted by atomic mass is 16.3. The zero-order valence-electron chi connectivity index (χ0n) is 17.6. The lowest BCUT2D eigenvalue weighted by Crippen LogP contribution is -2.42. The van der Waals surface area contributed by atoms with Gasteiger partial charge in [-0.05, 0) is 62.9 Å². The molecule has 6 nitrogen and oxygen atoms in total. The molecular weight excluding hydrogens is 376 g/mol. The Morgan fingerprint density at radius 1 is 1.27 bits per heavy atom. The number of furan rings is 1. The molecule has 1 aliphatic rings. The maximum atomic E-state index is 13.1. The number of amides is 1. The van der Waals surface area contributed by atoms with Crippen molar-refractivity contribution in [2.75, 3.05) is 16.8 Å². The number of carbonyl (C=O) groups excluding carboxylic acids is 1. The summed E-state index contributed by atoms with van der Waals surface area (Å²) >= 11 is 0. The van der Waals surface area contributed by atoms with Crippen LogP contribution < -0.4 is 10.2 Å². The number of anilines is 2. The van der Waals surface area contributed by atoms with Gasteiger partial charge in [0.2, 0.25) is 5.91 Å². The second-order valence-electron chi connectivity index (χ2n) is 7.90. The molecule has 0 unspecified atom stereocenters. The summed E-state index contributed by atoms with van der Waals surface area (Å²) in [5, 5.41) is 12.7. The molecule has 1 N–H and O–H groups in total. The lowest BCUT2D eigenvalue weighted by atomic mass is 9.96. The second-order valence-corrected chi connectivity index (χ2v) is 7.90. The topological polar surface area (TPSA) is 74.2 Å². The van der Waals surface area contributed by atoms with Crippen molar-refractivity contribution in [3.8, 4) is 6.07 Å². The molecule has 3 aromatic rings. The highest BCUT2D eigenvalue weighted by molar-refractivity contribution is 5.95. The zero-order chi connectivity index (χ0) is 21.3. The lowest BCUT2D eigenvalue weighted by molar-refractivity contribution is -0.115. The Balaban J connectivity index is 1.61. The van der Waals surface area contributed by atoms with Crippen LogP contribution in [0.1, 0.15) is 41.5 Å². The van der Waals surface area contributed by atoms with Crippen molar-refractivity contribution in [1.29, 1.82) is 5.26 Å². The average molecular weight is 402 g/mol. The van der Waals surface area contributed by atoms with Crippen LogP contribution in [0.2, 0.25) is 0 Å². The summed E-state index contributed by atoms with van der Waals surface area (Å²) in [7, 11) is 0. The predicted molar refractivity (Wildman–Crippen MR) is 117 cm³/mol. The predicted octanol–water partition coefficient (Wildman–Crippen LogP) is 4.40. The molecule has 30 heavy (non-hydrogen) atoms. The van der Waals surface area contributed by atoms with Gasteiger partial charge in [-0.25, -0.2) is 0 Å².